The first-order chi connectivity index (χ1) is 16.3. The van der Waals surface area contributed by atoms with Gasteiger partial charge in [-0.3, -0.25) is 9.20 Å². The van der Waals surface area contributed by atoms with E-state index in [2.05, 4.69) is 4.98 Å². The van der Waals surface area contributed by atoms with Gasteiger partial charge in [0.25, 0.3) is 11.2 Å². The Balaban J connectivity index is 1.87. The van der Waals surface area contributed by atoms with Crippen molar-refractivity contribution in [3.8, 4) is 0 Å². The number of nitrogen functional groups attached to an aromatic ring is 1. The van der Waals surface area contributed by atoms with Gasteiger partial charge in [0, 0.05) is 16.8 Å². The molecule has 9 heteroatoms. The van der Waals surface area contributed by atoms with Crippen molar-refractivity contribution in [3.63, 3.8) is 0 Å². The summed E-state index contributed by atoms with van der Waals surface area (Å²) in [6.45, 7) is 2.00. The number of hydrogen-bond donors (Lipinski definition) is 1. The molecule has 0 atom stereocenters. The summed E-state index contributed by atoms with van der Waals surface area (Å²) in [7, 11) is -4.03. The maximum Gasteiger partial charge on any atom is 0.278 e. The number of rotatable bonds is 4. The van der Waals surface area contributed by atoms with Gasteiger partial charge in [-0.05, 0) is 43.3 Å². The standard InChI is InChI=1S/C25H19ClN4O3S/c1-16-9-11-18(12-10-16)34(32,33)21-14-19-24(28-22-8-4-5-13-29(22)25(19)31)30(23(21)27)15-17-6-2-3-7-20(17)26/h2-14,27H,15H2,1H3/p+1. The fourth-order valence-corrected chi connectivity index (χ4v) is 5.49. The fraction of sp³-hybridized carbons (Fsp3) is 0.0800. The molecule has 34 heavy (non-hydrogen) atoms. The zero-order valence-corrected chi connectivity index (χ0v) is 19.7. The highest BCUT2D eigenvalue weighted by Gasteiger charge is 2.29. The Morgan fingerprint density at radius 2 is 1.74 bits per heavy atom. The largest absolute Gasteiger partial charge is 0.317 e. The van der Waals surface area contributed by atoms with Gasteiger partial charge >= 0.3 is 0 Å². The molecule has 5 rings (SSSR count). The van der Waals surface area contributed by atoms with E-state index in [-0.39, 0.29) is 33.2 Å². The zero-order valence-electron chi connectivity index (χ0n) is 18.1. The third-order valence-corrected chi connectivity index (χ3v) is 7.90. The SMILES string of the molecule is Cc1ccc(S(=O)(=O)c2cc3c(=O)n4ccccc4nc3[n+](Cc3ccccc3Cl)c2N)cc1. The Bertz CT molecular complexity index is 1750. The molecule has 3 aromatic heterocycles. The predicted molar refractivity (Wildman–Crippen MR) is 131 cm³/mol. The van der Waals surface area contributed by atoms with Gasteiger partial charge in [0.15, 0.2) is 0 Å². The summed E-state index contributed by atoms with van der Waals surface area (Å²) in [5.41, 5.74) is 8.42. The number of hydrogen-bond acceptors (Lipinski definition) is 5. The first kappa shape index (κ1) is 22.1. The summed E-state index contributed by atoms with van der Waals surface area (Å²) in [5.74, 6) is -0.0276. The number of aryl methyl sites for hydroxylation is 1. The second-order valence-electron chi connectivity index (χ2n) is 7.97. The van der Waals surface area contributed by atoms with Crippen LogP contribution in [0.25, 0.3) is 16.7 Å². The minimum absolute atomic E-state index is 0.0276. The molecule has 0 amide bonds. The number of pyridine rings is 2. The maximum absolute atomic E-state index is 13.6. The normalized spacial score (nSPS) is 11.8. The molecule has 170 valence electrons. The molecule has 0 spiro atoms. The molecule has 0 aliphatic rings. The van der Waals surface area contributed by atoms with Crippen LogP contribution in [0.5, 0.6) is 0 Å². The minimum Gasteiger partial charge on any atom is -0.317 e. The van der Waals surface area contributed by atoms with Gasteiger partial charge in [0.05, 0.1) is 11.4 Å². The lowest BCUT2D eigenvalue weighted by molar-refractivity contribution is -0.651. The topological polar surface area (TPSA) is 98.4 Å². The summed E-state index contributed by atoms with van der Waals surface area (Å²) < 4.78 is 30.1. The van der Waals surface area contributed by atoms with Gasteiger partial charge < -0.3 is 5.73 Å². The van der Waals surface area contributed by atoms with Gasteiger partial charge in [-0.2, -0.15) is 0 Å². The molecule has 0 unspecified atom stereocenters. The summed E-state index contributed by atoms with van der Waals surface area (Å²) in [6.07, 6.45) is 1.59. The highest BCUT2D eigenvalue weighted by Crippen LogP contribution is 2.27. The van der Waals surface area contributed by atoms with Crippen molar-refractivity contribution in [1.82, 2.24) is 9.38 Å². The van der Waals surface area contributed by atoms with Crippen LogP contribution in [0.1, 0.15) is 11.1 Å². The van der Waals surface area contributed by atoms with Crippen LogP contribution in [0.4, 0.5) is 5.82 Å². The van der Waals surface area contributed by atoms with Crippen LogP contribution in [-0.2, 0) is 16.4 Å². The molecule has 2 aromatic carbocycles. The molecule has 0 fully saturated rings. The van der Waals surface area contributed by atoms with Crippen molar-refractivity contribution in [2.75, 3.05) is 5.73 Å². The molecule has 0 saturated heterocycles. The van der Waals surface area contributed by atoms with Gasteiger partial charge in [-0.25, -0.2) is 13.0 Å². The molecule has 0 aliphatic heterocycles. The van der Waals surface area contributed by atoms with E-state index in [4.69, 9.17) is 17.3 Å². The van der Waals surface area contributed by atoms with E-state index < -0.39 is 15.4 Å². The molecule has 0 saturated carbocycles. The third kappa shape index (κ3) is 3.61. The second-order valence-corrected chi connectivity index (χ2v) is 10.3. The summed E-state index contributed by atoms with van der Waals surface area (Å²) >= 11 is 6.39. The average Bonchev–Trinajstić information content (AvgIpc) is 2.82. The molecular weight excluding hydrogens is 472 g/mol. The van der Waals surface area contributed by atoms with Crippen molar-refractivity contribution in [3.05, 3.63) is 105 Å². The molecule has 3 heterocycles. The van der Waals surface area contributed by atoms with Gasteiger partial charge in [-0.1, -0.05) is 58.5 Å². The highest BCUT2D eigenvalue weighted by molar-refractivity contribution is 7.91. The number of halogens is 1. The summed E-state index contributed by atoms with van der Waals surface area (Å²) in [5, 5.41) is 0.627. The number of sulfone groups is 1. The lowest BCUT2D eigenvalue weighted by Crippen LogP contribution is -2.42. The molecule has 5 aromatic rings. The van der Waals surface area contributed by atoms with E-state index in [1.165, 1.54) is 27.2 Å². The van der Waals surface area contributed by atoms with E-state index >= 15 is 0 Å². The monoisotopic (exact) mass is 491 g/mol. The fourth-order valence-electron chi connectivity index (χ4n) is 3.89. The second kappa shape index (κ2) is 8.23. The van der Waals surface area contributed by atoms with Gasteiger partial charge in [0.2, 0.25) is 21.3 Å². The Morgan fingerprint density at radius 1 is 1.03 bits per heavy atom. The molecule has 0 bridgehead atoms. The number of benzene rings is 2. The van der Waals surface area contributed by atoms with Crippen LogP contribution in [0.15, 0.2) is 93.6 Å². The Morgan fingerprint density at radius 3 is 2.47 bits per heavy atom. The smallest absolute Gasteiger partial charge is 0.278 e. The first-order valence-electron chi connectivity index (χ1n) is 10.5. The molecule has 0 radical (unpaired) electrons. The molecule has 0 aliphatic carbocycles. The van der Waals surface area contributed by atoms with Crippen molar-refractivity contribution >= 4 is 43.9 Å². The maximum atomic E-state index is 13.6. The van der Waals surface area contributed by atoms with E-state index in [1.54, 1.807) is 48.7 Å². The zero-order chi connectivity index (χ0) is 24.0. The van der Waals surface area contributed by atoms with E-state index in [9.17, 15) is 13.2 Å². The highest BCUT2D eigenvalue weighted by atomic mass is 35.5. The van der Waals surface area contributed by atoms with E-state index in [1.807, 2.05) is 19.1 Å². The van der Waals surface area contributed by atoms with Crippen LogP contribution >= 0.6 is 11.6 Å². The summed E-state index contributed by atoms with van der Waals surface area (Å²) in [4.78, 5) is 17.9. The number of nitrogens with two attached hydrogens (primary N) is 1. The number of aromatic nitrogens is 3. The van der Waals surface area contributed by atoms with Crippen molar-refractivity contribution in [2.24, 2.45) is 0 Å². The predicted octanol–water partition coefficient (Wildman–Crippen LogP) is 3.56. The van der Waals surface area contributed by atoms with Crippen LogP contribution in [0.3, 0.4) is 0 Å². The number of nitrogens with zero attached hydrogens (tertiary/aromatic N) is 3. The first-order valence-corrected chi connectivity index (χ1v) is 12.3. The Kier molecular flexibility index (Phi) is 5.34. The molecular formula is C25H20ClN4O3S+. The van der Waals surface area contributed by atoms with Gasteiger partial charge in [-0.15, -0.1) is 0 Å². The van der Waals surface area contributed by atoms with Crippen molar-refractivity contribution in [1.29, 1.82) is 0 Å². The quantitative estimate of drug-likeness (QED) is 0.306. The van der Waals surface area contributed by atoms with Crippen LogP contribution in [-0.4, -0.2) is 17.8 Å². The summed E-state index contributed by atoms with van der Waals surface area (Å²) in [6, 6.07) is 20.2. The van der Waals surface area contributed by atoms with Crippen LogP contribution in [0.2, 0.25) is 5.02 Å². The minimum atomic E-state index is -4.03. The van der Waals surface area contributed by atoms with E-state index in [0.717, 1.165) is 5.56 Å². The number of fused-ring (bicyclic) bond motifs is 2. The lowest BCUT2D eigenvalue weighted by Gasteiger charge is -2.13. The van der Waals surface area contributed by atoms with Crippen LogP contribution < -0.4 is 15.9 Å². The Labute approximate surface area is 200 Å². The van der Waals surface area contributed by atoms with E-state index in [0.29, 0.717) is 16.2 Å². The average molecular weight is 492 g/mol. The third-order valence-electron chi connectivity index (χ3n) is 5.73. The van der Waals surface area contributed by atoms with Crippen molar-refractivity contribution < 1.29 is 13.0 Å². The van der Waals surface area contributed by atoms with Crippen LogP contribution in [0, 0.1) is 6.92 Å². The lowest BCUT2D eigenvalue weighted by atomic mass is 10.2. The van der Waals surface area contributed by atoms with Crippen molar-refractivity contribution in [2.45, 2.75) is 23.3 Å². The Hall–Kier alpha value is -3.75. The van der Waals surface area contributed by atoms with Gasteiger partial charge in [0.1, 0.15) is 10.3 Å². The molecule has 2 N–H and O–H groups in total. The number of anilines is 1. The molecule has 7 nitrogen and oxygen atoms in total.